The molecule has 1 saturated heterocycles. The highest BCUT2D eigenvalue weighted by Gasteiger charge is 2.23. The van der Waals surface area contributed by atoms with Crippen LogP contribution >= 0.6 is 12.6 Å². The Kier molecular flexibility index (Phi) is 4.24. The van der Waals surface area contributed by atoms with Gasteiger partial charge in [0.1, 0.15) is 5.82 Å². The number of hydrogen-bond donors (Lipinski definition) is 2. The van der Waals surface area contributed by atoms with Crippen LogP contribution in [0.15, 0.2) is 23.1 Å². The van der Waals surface area contributed by atoms with E-state index < -0.39 is 5.82 Å². The summed E-state index contributed by atoms with van der Waals surface area (Å²) in [6, 6.07) is 4.53. The third-order valence-corrected chi connectivity index (χ3v) is 3.71. The van der Waals surface area contributed by atoms with E-state index in [1.807, 2.05) is 0 Å². The van der Waals surface area contributed by atoms with Gasteiger partial charge in [-0.2, -0.15) is 0 Å². The average Bonchev–Trinajstić information content (AvgIpc) is 2.41. The Labute approximate surface area is 112 Å². The van der Waals surface area contributed by atoms with Gasteiger partial charge in [-0.3, -0.25) is 4.79 Å². The number of hydrogen-bond acceptors (Lipinski definition) is 3. The van der Waals surface area contributed by atoms with Crippen molar-refractivity contribution >= 4 is 18.5 Å². The summed E-state index contributed by atoms with van der Waals surface area (Å²) in [6.07, 6.45) is 1.91. The van der Waals surface area contributed by atoms with E-state index in [0.717, 1.165) is 25.9 Å². The van der Waals surface area contributed by atoms with Gasteiger partial charge in [-0.15, -0.1) is 12.6 Å². The number of benzene rings is 1. The topological polar surface area (TPSA) is 32.3 Å². The van der Waals surface area contributed by atoms with Crippen molar-refractivity contribution in [2.24, 2.45) is 0 Å². The lowest BCUT2D eigenvalue weighted by molar-refractivity contribution is 0.0703. The lowest BCUT2D eigenvalue weighted by atomic mass is 10.0. The fraction of sp³-hybridized carbons (Fsp3) is 0.462. The number of nitrogens with one attached hydrogen (secondary N) is 1. The monoisotopic (exact) mass is 268 g/mol. The Hall–Kier alpha value is -1.07. The Balaban J connectivity index is 2.11. The van der Waals surface area contributed by atoms with Crippen LogP contribution in [0.5, 0.6) is 0 Å². The van der Waals surface area contributed by atoms with Crippen LogP contribution in [0, 0.1) is 5.82 Å². The Morgan fingerprint density at radius 2 is 2.11 bits per heavy atom. The molecule has 1 aliphatic heterocycles. The molecule has 1 aliphatic rings. The van der Waals surface area contributed by atoms with Crippen LogP contribution in [0.4, 0.5) is 4.39 Å². The van der Waals surface area contributed by atoms with Crippen LogP contribution in [0.3, 0.4) is 0 Å². The first kappa shape index (κ1) is 13.4. The molecule has 1 aromatic rings. The molecule has 0 aromatic heterocycles. The van der Waals surface area contributed by atoms with Gasteiger partial charge in [0.05, 0.1) is 0 Å². The van der Waals surface area contributed by atoms with Crippen LogP contribution < -0.4 is 5.32 Å². The summed E-state index contributed by atoms with van der Waals surface area (Å²) in [6.45, 7) is 1.87. The molecule has 0 bridgehead atoms. The zero-order chi connectivity index (χ0) is 13.1. The van der Waals surface area contributed by atoms with Crippen molar-refractivity contribution in [2.75, 3.05) is 20.1 Å². The maximum absolute atomic E-state index is 13.1. The third kappa shape index (κ3) is 2.84. The summed E-state index contributed by atoms with van der Waals surface area (Å²) in [5.41, 5.74) is 0.488. The van der Waals surface area contributed by atoms with Crippen LogP contribution in [0.1, 0.15) is 23.2 Å². The van der Waals surface area contributed by atoms with Gasteiger partial charge in [-0.25, -0.2) is 4.39 Å². The van der Waals surface area contributed by atoms with Crippen LogP contribution in [0.2, 0.25) is 0 Å². The molecule has 1 heterocycles. The van der Waals surface area contributed by atoms with E-state index in [1.165, 1.54) is 18.2 Å². The molecule has 2 rings (SSSR count). The number of nitrogens with zero attached hydrogens (tertiary/aromatic N) is 1. The second-order valence-corrected chi connectivity index (χ2v) is 5.05. The van der Waals surface area contributed by atoms with Crippen molar-refractivity contribution in [3.05, 3.63) is 29.6 Å². The second-order valence-electron chi connectivity index (χ2n) is 4.56. The first-order valence-corrected chi connectivity index (χ1v) is 6.50. The lowest BCUT2D eigenvalue weighted by Gasteiger charge is -2.31. The molecule has 1 aromatic carbocycles. The Bertz CT molecular complexity index is 447. The minimum absolute atomic E-state index is 0.0720. The van der Waals surface area contributed by atoms with Crippen LogP contribution in [-0.2, 0) is 0 Å². The lowest BCUT2D eigenvalue weighted by Crippen LogP contribution is -2.43. The van der Waals surface area contributed by atoms with Gasteiger partial charge in [0.15, 0.2) is 0 Å². The number of amides is 1. The minimum Gasteiger partial charge on any atom is -0.339 e. The molecule has 18 heavy (non-hydrogen) atoms. The molecule has 0 aliphatic carbocycles. The average molecular weight is 268 g/mol. The number of halogens is 1. The molecule has 98 valence electrons. The van der Waals surface area contributed by atoms with Crippen molar-refractivity contribution < 1.29 is 9.18 Å². The van der Waals surface area contributed by atoms with E-state index in [9.17, 15) is 9.18 Å². The summed E-state index contributed by atoms with van der Waals surface area (Å²) >= 11 is 4.00. The van der Waals surface area contributed by atoms with E-state index in [4.69, 9.17) is 0 Å². The van der Waals surface area contributed by atoms with Crippen molar-refractivity contribution in [1.82, 2.24) is 10.2 Å². The van der Waals surface area contributed by atoms with Crippen LogP contribution in [0.25, 0.3) is 0 Å². The van der Waals surface area contributed by atoms with E-state index in [1.54, 1.807) is 11.9 Å². The molecule has 0 saturated carbocycles. The molecule has 3 nitrogen and oxygen atoms in total. The fourth-order valence-electron chi connectivity index (χ4n) is 2.21. The highest BCUT2D eigenvalue weighted by Crippen LogP contribution is 2.18. The molecule has 0 spiro atoms. The Morgan fingerprint density at radius 1 is 1.44 bits per heavy atom. The molecule has 1 fully saturated rings. The fourth-order valence-corrected chi connectivity index (χ4v) is 2.42. The number of carbonyl (C=O) groups excluding carboxylic acids is 1. The minimum atomic E-state index is -0.403. The summed E-state index contributed by atoms with van der Waals surface area (Å²) in [7, 11) is 1.81. The highest BCUT2D eigenvalue weighted by atomic mass is 32.1. The SMILES string of the molecule is CN(C(=O)c1ccc(F)c(S)c1)C1CCNCC1. The predicted molar refractivity (Wildman–Crippen MR) is 71.6 cm³/mol. The molecule has 5 heteroatoms. The van der Waals surface area contributed by atoms with E-state index >= 15 is 0 Å². The van der Waals surface area contributed by atoms with Gasteiger partial charge in [0.2, 0.25) is 0 Å². The van der Waals surface area contributed by atoms with Crippen molar-refractivity contribution in [2.45, 2.75) is 23.8 Å². The quantitative estimate of drug-likeness (QED) is 0.803. The number of rotatable bonds is 2. The normalized spacial score (nSPS) is 16.6. The van der Waals surface area contributed by atoms with Gasteiger partial charge in [-0.05, 0) is 44.1 Å². The third-order valence-electron chi connectivity index (χ3n) is 3.37. The molecule has 0 atom stereocenters. The Morgan fingerprint density at radius 3 is 2.72 bits per heavy atom. The van der Waals surface area contributed by atoms with Crippen molar-refractivity contribution in [3.63, 3.8) is 0 Å². The summed E-state index contributed by atoms with van der Waals surface area (Å²) in [5.74, 6) is -0.475. The number of piperidine rings is 1. The molecule has 1 N–H and O–H groups in total. The van der Waals surface area contributed by atoms with Crippen molar-refractivity contribution in [3.8, 4) is 0 Å². The molecular weight excluding hydrogens is 251 g/mol. The second kappa shape index (κ2) is 5.71. The molecule has 1 amide bonds. The number of thiol groups is 1. The van der Waals surface area contributed by atoms with Gasteiger partial charge in [0.25, 0.3) is 5.91 Å². The van der Waals surface area contributed by atoms with E-state index in [-0.39, 0.29) is 16.8 Å². The molecule has 0 radical (unpaired) electrons. The molecule has 0 unspecified atom stereocenters. The van der Waals surface area contributed by atoms with E-state index in [0.29, 0.717) is 5.56 Å². The maximum Gasteiger partial charge on any atom is 0.253 e. The maximum atomic E-state index is 13.1. The van der Waals surface area contributed by atoms with Crippen LogP contribution in [-0.4, -0.2) is 37.0 Å². The van der Waals surface area contributed by atoms with Gasteiger partial charge < -0.3 is 10.2 Å². The van der Waals surface area contributed by atoms with E-state index in [2.05, 4.69) is 17.9 Å². The first-order chi connectivity index (χ1) is 8.59. The molecular formula is C13H17FN2OS. The predicted octanol–water partition coefficient (Wildman–Crippen LogP) is 1.94. The largest absolute Gasteiger partial charge is 0.339 e. The zero-order valence-corrected chi connectivity index (χ0v) is 11.2. The van der Waals surface area contributed by atoms with Gasteiger partial charge in [-0.1, -0.05) is 0 Å². The highest BCUT2D eigenvalue weighted by molar-refractivity contribution is 7.80. The zero-order valence-electron chi connectivity index (χ0n) is 10.3. The standard InChI is InChI=1S/C13H17FN2OS/c1-16(10-4-6-15-7-5-10)13(17)9-2-3-11(14)12(18)8-9/h2-3,8,10,15,18H,4-7H2,1H3. The van der Waals surface area contributed by atoms with Gasteiger partial charge >= 0.3 is 0 Å². The summed E-state index contributed by atoms with van der Waals surface area (Å²) in [4.78, 5) is 14.2. The summed E-state index contributed by atoms with van der Waals surface area (Å²) < 4.78 is 13.1. The van der Waals surface area contributed by atoms with Gasteiger partial charge in [0, 0.05) is 23.5 Å². The smallest absolute Gasteiger partial charge is 0.253 e. The van der Waals surface area contributed by atoms with Crippen molar-refractivity contribution in [1.29, 1.82) is 0 Å². The number of carbonyl (C=O) groups is 1. The summed E-state index contributed by atoms with van der Waals surface area (Å²) in [5, 5.41) is 3.27. The first-order valence-electron chi connectivity index (χ1n) is 6.06.